The van der Waals surface area contributed by atoms with Gasteiger partial charge in [0, 0.05) is 48.6 Å². The van der Waals surface area contributed by atoms with Crippen molar-refractivity contribution in [3.05, 3.63) is 53.7 Å². The molecule has 3 unspecified atom stereocenters. The number of ether oxygens (including phenoxy) is 1. The van der Waals surface area contributed by atoms with Crippen LogP contribution in [0.4, 0.5) is 0 Å². The first kappa shape index (κ1) is 20.3. The van der Waals surface area contributed by atoms with Gasteiger partial charge in [-0.2, -0.15) is 5.10 Å². The predicted octanol–water partition coefficient (Wildman–Crippen LogP) is 0.563. The summed E-state index contributed by atoms with van der Waals surface area (Å²) in [5, 5.41) is 32.3. The zero-order valence-electron chi connectivity index (χ0n) is 16.2. The number of carbonyl (C=O) groups is 1. The second-order valence-corrected chi connectivity index (χ2v) is 8.05. The normalized spacial score (nSPS) is 23.0. The summed E-state index contributed by atoms with van der Waals surface area (Å²) in [5.74, 6) is -0.217. The fraction of sp³-hybridized carbons (Fsp3) is 0.500. The number of hydrogen-bond donors (Lipinski definition) is 5. The summed E-state index contributed by atoms with van der Waals surface area (Å²) in [4.78, 5) is 12.4. The third-order valence-corrected chi connectivity index (χ3v) is 5.02. The van der Waals surface area contributed by atoms with E-state index >= 15 is 0 Å². The van der Waals surface area contributed by atoms with Crippen LogP contribution >= 0.6 is 0 Å². The molecule has 1 aromatic heterocycles. The highest BCUT2D eigenvalue weighted by Gasteiger charge is 2.44. The lowest BCUT2D eigenvalue weighted by atomic mass is 9.82. The number of nitrogens with one attached hydrogen (secondary N) is 3. The number of H-pyrrole nitrogens is 1. The third kappa shape index (κ3) is 4.35. The largest absolute Gasteiger partial charge is 0.491 e. The molecule has 1 aromatic rings. The number of amides is 1. The molecule has 0 bridgehead atoms. The van der Waals surface area contributed by atoms with Gasteiger partial charge in [0.05, 0.1) is 5.92 Å². The summed E-state index contributed by atoms with van der Waals surface area (Å²) in [7, 11) is 0. The van der Waals surface area contributed by atoms with Crippen molar-refractivity contribution in [3.63, 3.8) is 0 Å². The van der Waals surface area contributed by atoms with E-state index in [9.17, 15) is 15.0 Å². The van der Waals surface area contributed by atoms with E-state index in [1.54, 1.807) is 18.3 Å². The standard InChI is InChI=1S/C20H28N4O4/c1-12-16(28-9-13(26)8-21-10-20(2,3)11-25)5-4-14-17(12)18(19(27)23-14)15-6-7-22-24-15/h4-7,13,17-18,21,25-26H,1,8-11H2,2-3H3,(H,22,24)(H,23,27). The van der Waals surface area contributed by atoms with Crippen molar-refractivity contribution < 1.29 is 19.7 Å². The van der Waals surface area contributed by atoms with Crippen LogP contribution in [-0.2, 0) is 9.53 Å². The maximum atomic E-state index is 12.4. The molecular weight excluding hydrogens is 360 g/mol. The Morgan fingerprint density at radius 1 is 1.39 bits per heavy atom. The molecule has 152 valence electrons. The number of carbonyl (C=O) groups excluding carboxylic acids is 1. The second kappa shape index (κ2) is 8.30. The number of nitrogens with zero attached hydrogens (tertiary/aromatic N) is 1. The number of aromatic amines is 1. The molecule has 8 nitrogen and oxygen atoms in total. The highest BCUT2D eigenvalue weighted by Crippen LogP contribution is 2.43. The van der Waals surface area contributed by atoms with Crippen molar-refractivity contribution in [2.45, 2.75) is 25.9 Å². The van der Waals surface area contributed by atoms with Crippen LogP contribution in [0.25, 0.3) is 0 Å². The molecule has 1 amide bonds. The zero-order chi connectivity index (χ0) is 20.3. The lowest BCUT2D eigenvalue weighted by Crippen LogP contribution is -2.38. The highest BCUT2D eigenvalue weighted by molar-refractivity contribution is 5.90. The summed E-state index contributed by atoms with van der Waals surface area (Å²) in [5.41, 5.74) is 1.96. The zero-order valence-corrected chi connectivity index (χ0v) is 16.2. The molecule has 5 N–H and O–H groups in total. The Balaban J connectivity index is 1.56. The van der Waals surface area contributed by atoms with Gasteiger partial charge in [-0.1, -0.05) is 20.4 Å². The molecule has 2 aliphatic rings. The SMILES string of the molecule is C=C1C(OCC(O)CNCC(C)(C)CO)=CC=C2NC(=O)C(c3ccn[nH]3)C12. The number of aliphatic hydroxyl groups excluding tert-OH is 2. The van der Waals surface area contributed by atoms with E-state index in [-0.39, 0.29) is 30.5 Å². The van der Waals surface area contributed by atoms with Crippen LogP contribution in [0.2, 0.25) is 0 Å². The first-order chi connectivity index (χ1) is 13.3. The Bertz CT molecular complexity index is 782. The Morgan fingerprint density at radius 2 is 2.18 bits per heavy atom. The summed E-state index contributed by atoms with van der Waals surface area (Å²) >= 11 is 0. The molecule has 1 saturated heterocycles. The Morgan fingerprint density at radius 3 is 2.86 bits per heavy atom. The maximum absolute atomic E-state index is 12.4. The molecule has 3 rings (SSSR count). The molecule has 8 heteroatoms. The van der Waals surface area contributed by atoms with Crippen molar-refractivity contribution in [2.75, 3.05) is 26.3 Å². The monoisotopic (exact) mass is 388 g/mol. The predicted molar refractivity (Wildman–Crippen MR) is 104 cm³/mol. The van der Waals surface area contributed by atoms with Gasteiger partial charge in [0.2, 0.25) is 5.91 Å². The Kier molecular flexibility index (Phi) is 6.02. The van der Waals surface area contributed by atoms with E-state index in [1.807, 2.05) is 19.9 Å². The van der Waals surface area contributed by atoms with Gasteiger partial charge in [-0.15, -0.1) is 0 Å². The molecule has 0 saturated carbocycles. The van der Waals surface area contributed by atoms with Crippen molar-refractivity contribution in [1.29, 1.82) is 0 Å². The van der Waals surface area contributed by atoms with Gasteiger partial charge < -0.3 is 25.6 Å². The van der Waals surface area contributed by atoms with Gasteiger partial charge in [0.1, 0.15) is 18.5 Å². The van der Waals surface area contributed by atoms with Crippen molar-refractivity contribution in [2.24, 2.45) is 11.3 Å². The number of hydrogen-bond acceptors (Lipinski definition) is 6. The van der Waals surface area contributed by atoms with Crippen LogP contribution in [0.5, 0.6) is 0 Å². The lowest BCUT2D eigenvalue weighted by molar-refractivity contribution is -0.120. The second-order valence-electron chi connectivity index (χ2n) is 8.05. The molecule has 3 atom stereocenters. The molecule has 0 spiro atoms. The topological polar surface area (TPSA) is 120 Å². The minimum atomic E-state index is -0.708. The first-order valence-electron chi connectivity index (χ1n) is 9.36. The van der Waals surface area contributed by atoms with Crippen LogP contribution in [0, 0.1) is 11.3 Å². The van der Waals surface area contributed by atoms with Crippen LogP contribution < -0.4 is 10.6 Å². The number of aliphatic hydroxyl groups is 2. The van der Waals surface area contributed by atoms with Gasteiger partial charge in [0.25, 0.3) is 0 Å². The van der Waals surface area contributed by atoms with Crippen LogP contribution in [0.3, 0.4) is 0 Å². The minimum Gasteiger partial charge on any atom is -0.491 e. The van der Waals surface area contributed by atoms with E-state index in [1.165, 1.54) is 0 Å². The number of allylic oxidation sites excluding steroid dienone is 4. The summed E-state index contributed by atoms with van der Waals surface area (Å²) in [6.07, 6.45) is 4.49. The molecule has 0 radical (unpaired) electrons. The van der Waals surface area contributed by atoms with Gasteiger partial charge in [-0.25, -0.2) is 0 Å². The molecule has 28 heavy (non-hydrogen) atoms. The third-order valence-electron chi connectivity index (χ3n) is 5.02. The van der Waals surface area contributed by atoms with Gasteiger partial charge in [0.15, 0.2) is 0 Å². The van der Waals surface area contributed by atoms with Crippen LogP contribution in [0.15, 0.2) is 48.0 Å². The Hall–Kier alpha value is -2.42. The van der Waals surface area contributed by atoms with E-state index < -0.39 is 12.0 Å². The van der Waals surface area contributed by atoms with Gasteiger partial charge in [-0.3, -0.25) is 9.89 Å². The fourth-order valence-corrected chi connectivity index (χ4v) is 3.37. The fourth-order valence-electron chi connectivity index (χ4n) is 3.37. The lowest BCUT2D eigenvalue weighted by Gasteiger charge is -2.26. The van der Waals surface area contributed by atoms with E-state index in [2.05, 4.69) is 27.4 Å². The molecule has 2 heterocycles. The quantitative estimate of drug-likeness (QED) is 0.422. The number of fused-ring (bicyclic) bond motifs is 1. The number of rotatable bonds is 9. The van der Waals surface area contributed by atoms with Gasteiger partial charge >= 0.3 is 0 Å². The maximum Gasteiger partial charge on any atom is 0.234 e. The highest BCUT2D eigenvalue weighted by atomic mass is 16.5. The van der Waals surface area contributed by atoms with Crippen molar-refractivity contribution in [1.82, 2.24) is 20.8 Å². The molecule has 1 fully saturated rings. The molecule has 0 aromatic carbocycles. The number of aromatic nitrogens is 2. The minimum absolute atomic E-state index is 0.0691. The van der Waals surface area contributed by atoms with Crippen molar-refractivity contribution in [3.8, 4) is 0 Å². The molecule has 1 aliphatic carbocycles. The first-order valence-corrected chi connectivity index (χ1v) is 9.36. The van der Waals surface area contributed by atoms with Crippen LogP contribution in [0.1, 0.15) is 25.5 Å². The van der Waals surface area contributed by atoms with E-state index in [0.717, 1.165) is 11.4 Å². The molecule has 1 aliphatic heterocycles. The summed E-state index contributed by atoms with van der Waals surface area (Å²) in [6, 6.07) is 1.78. The average Bonchev–Trinajstić information content (AvgIpc) is 3.28. The van der Waals surface area contributed by atoms with E-state index in [4.69, 9.17) is 4.74 Å². The Labute approximate surface area is 164 Å². The summed E-state index contributed by atoms with van der Waals surface area (Å²) in [6.45, 7) is 9.12. The van der Waals surface area contributed by atoms with E-state index in [0.29, 0.717) is 24.4 Å². The average molecular weight is 388 g/mol. The summed E-state index contributed by atoms with van der Waals surface area (Å²) < 4.78 is 5.79. The van der Waals surface area contributed by atoms with Crippen LogP contribution in [-0.4, -0.2) is 58.7 Å². The molecular formula is C20H28N4O4. The van der Waals surface area contributed by atoms with Gasteiger partial charge in [-0.05, 0) is 23.8 Å². The van der Waals surface area contributed by atoms with Crippen molar-refractivity contribution >= 4 is 5.91 Å². The smallest absolute Gasteiger partial charge is 0.234 e.